The lowest BCUT2D eigenvalue weighted by molar-refractivity contribution is 0.0708. The van der Waals surface area contributed by atoms with E-state index in [4.69, 9.17) is 9.47 Å². The monoisotopic (exact) mass is 312 g/mol. The van der Waals surface area contributed by atoms with Gasteiger partial charge in [-0.05, 0) is 38.1 Å². The van der Waals surface area contributed by atoms with E-state index in [1.165, 1.54) is 14.2 Å². The number of carbonyl (C=O) groups excluding carboxylic acids is 2. The van der Waals surface area contributed by atoms with Gasteiger partial charge in [-0.1, -0.05) is 24.3 Å². The average molecular weight is 312 g/mol. The Hall–Kier alpha value is -2.62. The van der Waals surface area contributed by atoms with Crippen LogP contribution in [0.3, 0.4) is 0 Å². The van der Waals surface area contributed by atoms with Crippen LogP contribution in [0.5, 0.6) is 11.5 Å². The van der Waals surface area contributed by atoms with E-state index in [0.29, 0.717) is 22.6 Å². The van der Waals surface area contributed by atoms with Gasteiger partial charge in [-0.15, -0.1) is 0 Å². The highest BCUT2D eigenvalue weighted by Gasteiger charge is 2.39. The van der Waals surface area contributed by atoms with Crippen LogP contribution in [0, 0.1) is 5.41 Å². The minimum Gasteiger partial charge on any atom is -0.496 e. The Morgan fingerprint density at radius 3 is 1.43 bits per heavy atom. The fourth-order valence-corrected chi connectivity index (χ4v) is 2.44. The first-order valence-corrected chi connectivity index (χ1v) is 7.29. The van der Waals surface area contributed by atoms with Crippen molar-refractivity contribution in [1.29, 1.82) is 0 Å². The number of benzene rings is 2. The number of para-hydroxylation sites is 2. The molecule has 4 nitrogen and oxygen atoms in total. The van der Waals surface area contributed by atoms with Crippen LogP contribution in [0.2, 0.25) is 0 Å². The molecule has 0 unspecified atom stereocenters. The average Bonchev–Trinajstić information content (AvgIpc) is 2.60. The quantitative estimate of drug-likeness (QED) is 0.601. The summed E-state index contributed by atoms with van der Waals surface area (Å²) < 4.78 is 10.5. The standard InChI is InChI=1S/C19H20O4/c1-19(2,17(20)13-9-5-7-11-15(13)22-3)18(21)14-10-6-8-12-16(14)23-4/h5-12H,1-4H3. The molecule has 0 aliphatic rings. The minimum atomic E-state index is -1.23. The topological polar surface area (TPSA) is 52.6 Å². The van der Waals surface area contributed by atoms with Crippen LogP contribution in [-0.4, -0.2) is 25.8 Å². The van der Waals surface area contributed by atoms with Crippen molar-refractivity contribution in [2.75, 3.05) is 14.2 Å². The molecule has 2 aromatic rings. The van der Waals surface area contributed by atoms with Crippen LogP contribution in [0.15, 0.2) is 48.5 Å². The van der Waals surface area contributed by atoms with Gasteiger partial charge in [0.25, 0.3) is 0 Å². The highest BCUT2D eigenvalue weighted by molar-refractivity contribution is 6.20. The molecule has 2 rings (SSSR count). The van der Waals surface area contributed by atoms with Gasteiger partial charge in [-0.2, -0.15) is 0 Å². The number of hydrogen-bond acceptors (Lipinski definition) is 4. The van der Waals surface area contributed by atoms with E-state index in [1.807, 2.05) is 0 Å². The Kier molecular flexibility index (Phi) is 4.84. The molecular formula is C19H20O4. The molecule has 0 atom stereocenters. The van der Waals surface area contributed by atoms with Crippen LogP contribution in [0.4, 0.5) is 0 Å². The summed E-state index contributed by atoms with van der Waals surface area (Å²) in [5.41, 5.74) is -0.449. The second-order valence-corrected chi connectivity index (χ2v) is 5.68. The lowest BCUT2D eigenvalue weighted by atomic mass is 9.77. The predicted octanol–water partition coefficient (Wildman–Crippen LogP) is 3.80. The lowest BCUT2D eigenvalue weighted by Crippen LogP contribution is -2.34. The highest BCUT2D eigenvalue weighted by atomic mass is 16.5. The number of ketones is 2. The Bertz CT molecular complexity index is 670. The summed E-state index contributed by atoms with van der Waals surface area (Å²) in [6.07, 6.45) is 0. The van der Waals surface area contributed by atoms with E-state index in [0.717, 1.165) is 0 Å². The van der Waals surface area contributed by atoms with Crippen LogP contribution in [0.1, 0.15) is 34.6 Å². The normalized spacial score (nSPS) is 11.0. The first-order valence-electron chi connectivity index (χ1n) is 7.29. The van der Waals surface area contributed by atoms with Crippen molar-refractivity contribution >= 4 is 11.6 Å². The van der Waals surface area contributed by atoms with Crippen molar-refractivity contribution in [2.45, 2.75) is 13.8 Å². The van der Waals surface area contributed by atoms with Crippen LogP contribution in [0.25, 0.3) is 0 Å². The Morgan fingerprint density at radius 2 is 1.09 bits per heavy atom. The number of carbonyl (C=O) groups is 2. The molecule has 0 N–H and O–H groups in total. The van der Waals surface area contributed by atoms with Gasteiger partial charge in [0.05, 0.1) is 30.8 Å². The van der Waals surface area contributed by atoms with E-state index < -0.39 is 5.41 Å². The molecule has 0 heterocycles. The minimum absolute atomic E-state index is 0.286. The summed E-state index contributed by atoms with van der Waals surface area (Å²) in [5, 5.41) is 0. The van der Waals surface area contributed by atoms with E-state index in [2.05, 4.69) is 0 Å². The largest absolute Gasteiger partial charge is 0.496 e. The molecule has 0 radical (unpaired) electrons. The molecule has 0 bridgehead atoms. The summed E-state index contributed by atoms with van der Waals surface area (Å²) in [6.45, 7) is 3.24. The molecule has 0 spiro atoms. The molecule has 23 heavy (non-hydrogen) atoms. The zero-order valence-corrected chi connectivity index (χ0v) is 13.8. The third kappa shape index (κ3) is 3.11. The zero-order chi connectivity index (χ0) is 17.0. The van der Waals surface area contributed by atoms with Crippen molar-refractivity contribution in [3.05, 3.63) is 59.7 Å². The highest BCUT2D eigenvalue weighted by Crippen LogP contribution is 2.33. The van der Waals surface area contributed by atoms with Crippen molar-refractivity contribution in [2.24, 2.45) is 5.41 Å². The van der Waals surface area contributed by atoms with Gasteiger partial charge in [0.15, 0.2) is 11.6 Å². The van der Waals surface area contributed by atoms with Crippen molar-refractivity contribution in [3.8, 4) is 11.5 Å². The SMILES string of the molecule is COc1ccccc1C(=O)C(C)(C)C(=O)c1ccccc1OC. The first-order chi connectivity index (χ1) is 10.9. The molecule has 2 aromatic carbocycles. The van der Waals surface area contributed by atoms with Gasteiger partial charge in [0, 0.05) is 0 Å². The molecule has 0 aliphatic heterocycles. The van der Waals surface area contributed by atoms with Crippen molar-refractivity contribution in [3.63, 3.8) is 0 Å². The van der Waals surface area contributed by atoms with Crippen LogP contribution < -0.4 is 9.47 Å². The number of ether oxygens (including phenoxy) is 2. The molecular weight excluding hydrogens is 292 g/mol. The third-order valence-electron chi connectivity index (χ3n) is 3.84. The zero-order valence-electron chi connectivity index (χ0n) is 13.8. The van der Waals surface area contributed by atoms with Gasteiger partial charge in [-0.25, -0.2) is 0 Å². The Labute approximate surface area is 136 Å². The summed E-state index contributed by atoms with van der Waals surface area (Å²) in [6, 6.07) is 13.8. The summed E-state index contributed by atoms with van der Waals surface area (Å²) in [4.78, 5) is 25.8. The molecule has 0 aromatic heterocycles. The summed E-state index contributed by atoms with van der Waals surface area (Å²) in [5.74, 6) is 0.341. The smallest absolute Gasteiger partial charge is 0.179 e. The van der Waals surface area contributed by atoms with Gasteiger partial charge < -0.3 is 9.47 Å². The molecule has 0 saturated heterocycles. The molecule has 0 fully saturated rings. The molecule has 0 saturated carbocycles. The maximum atomic E-state index is 12.9. The van der Waals surface area contributed by atoms with Gasteiger partial charge in [0.2, 0.25) is 0 Å². The fourth-order valence-electron chi connectivity index (χ4n) is 2.44. The number of rotatable bonds is 6. The van der Waals surface area contributed by atoms with Gasteiger partial charge in [-0.3, -0.25) is 9.59 Å². The van der Waals surface area contributed by atoms with E-state index in [-0.39, 0.29) is 11.6 Å². The predicted molar refractivity (Wildman–Crippen MR) is 88.4 cm³/mol. The van der Waals surface area contributed by atoms with Crippen LogP contribution >= 0.6 is 0 Å². The Balaban J connectivity index is 2.44. The molecule has 0 aliphatic carbocycles. The second kappa shape index (κ2) is 6.65. The van der Waals surface area contributed by atoms with Crippen molar-refractivity contribution < 1.29 is 19.1 Å². The number of methoxy groups -OCH3 is 2. The number of hydrogen-bond donors (Lipinski definition) is 0. The molecule has 4 heteroatoms. The fraction of sp³-hybridized carbons (Fsp3) is 0.263. The Morgan fingerprint density at radius 1 is 0.739 bits per heavy atom. The first kappa shape index (κ1) is 16.7. The molecule has 0 amide bonds. The van der Waals surface area contributed by atoms with Crippen LogP contribution in [-0.2, 0) is 0 Å². The maximum absolute atomic E-state index is 12.9. The maximum Gasteiger partial charge on any atom is 0.179 e. The van der Waals surface area contributed by atoms with Gasteiger partial charge in [0.1, 0.15) is 11.5 Å². The third-order valence-corrected chi connectivity index (χ3v) is 3.84. The summed E-state index contributed by atoms with van der Waals surface area (Å²) >= 11 is 0. The van der Waals surface area contributed by atoms with E-state index in [9.17, 15) is 9.59 Å². The van der Waals surface area contributed by atoms with E-state index in [1.54, 1.807) is 62.4 Å². The van der Waals surface area contributed by atoms with Crippen molar-refractivity contribution in [1.82, 2.24) is 0 Å². The number of Topliss-reactive ketones (excluding diaryl/α,β-unsaturated/α-hetero) is 2. The summed E-state index contributed by atoms with van der Waals surface area (Å²) in [7, 11) is 3.00. The van der Waals surface area contributed by atoms with E-state index >= 15 is 0 Å². The molecule has 120 valence electrons. The van der Waals surface area contributed by atoms with Gasteiger partial charge >= 0.3 is 0 Å². The lowest BCUT2D eigenvalue weighted by Gasteiger charge is -2.23. The second-order valence-electron chi connectivity index (χ2n) is 5.68.